The van der Waals surface area contributed by atoms with Crippen LogP contribution in [0.2, 0.25) is 0 Å². The maximum absolute atomic E-state index is 10.9. The predicted molar refractivity (Wildman–Crippen MR) is 89.3 cm³/mol. The Kier molecular flexibility index (Phi) is 10.7. The van der Waals surface area contributed by atoms with E-state index in [1.165, 1.54) is 44.4 Å². The molecule has 0 spiro atoms. The fraction of sp³-hybridized carbons (Fsp3) is 0.875. The van der Waals surface area contributed by atoms with Crippen molar-refractivity contribution in [3.63, 3.8) is 0 Å². The van der Waals surface area contributed by atoms with E-state index in [-0.39, 0.29) is 5.91 Å². The van der Waals surface area contributed by atoms with Crippen LogP contribution < -0.4 is 10.8 Å². The van der Waals surface area contributed by atoms with Crippen molar-refractivity contribution in [2.45, 2.75) is 58.3 Å². The minimum atomic E-state index is -0.348. The number of amides is 1. The first-order valence-electron chi connectivity index (χ1n) is 8.69. The molecule has 0 atom stereocenters. The molecule has 0 aliphatic carbocycles. The molecule has 0 bridgehead atoms. The van der Waals surface area contributed by atoms with Gasteiger partial charge in [0.2, 0.25) is 5.91 Å². The summed E-state index contributed by atoms with van der Waals surface area (Å²) in [4.78, 5) is 17.8. The number of amidine groups is 1. The van der Waals surface area contributed by atoms with Crippen LogP contribution in [0.4, 0.5) is 0 Å². The molecular weight excluding hydrogens is 280 g/mol. The molecule has 0 aromatic carbocycles. The molecule has 0 saturated carbocycles. The topological polar surface area (TPSA) is 77.0 Å². The van der Waals surface area contributed by atoms with Crippen LogP contribution in [-0.4, -0.2) is 54.6 Å². The summed E-state index contributed by atoms with van der Waals surface area (Å²) in [6, 6.07) is 0. The van der Waals surface area contributed by atoms with Gasteiger partial charge in [-0.05, 0) is 6.42 Å². The zero-order chi connectivity index (χ0) is 16.0. The number of aliphatic imine (C=N–C) groups is 1. The van der Waals surface area contributed by atoms with Crippen molar-refractivity contribution in [2.75, 3.05) is 32.7 Å². The molecule has 22 heavy (non-hydrogen) atoms. The second-order valence-electron chi connectivity index (χ2n) is 5.84. The van der Waals surface area contributed by atoms with Crippen LogP contribution in [0.3, 0.4) is 0 Å². The molecule has 1 aliphatic rings. The summed E-state index contributed by atoms with van der Waals surface area (Å²) in [6.45, 7) is 6.55. The fourth-order valence-electron chi connectivity index (χ4n) is 2.67. The second-order valence-corrected chi connectivity index (χ2v) is 5.84. The lowest BCUT2D eigenvalue weighted by atomic mass is 10.1. The van der Waals surface area contributed by atoms with Crippen molar-refractivity contribution in [3.05, 3.63) is 0 Å². The van der Waals surface area contributed by atoms with Gasteiger partial charge in [-0.3, -0.25) is 15.0 Å². The smallest absolute Gasteiger partial charge is 0.244 e. The van der Waals surface area contributed by atoms with E-state index >= 15 is 0 Å². The van der Waals surface area contributed by atoms with E-state index in [2.05, 4.69) is 22.1 Å². The van der Waals surface area contributed by atoms with Crippen molar-refractivity contribution in [2.24, 2.45) is 4.99 Å². The van der Waals surface area contributed by atoms with Crippen LogP contribution in [-0.2, 0) is 4.79 Å². The van der Waals surface area contributed by atoms with Gasteiger partial charge in [0.1, 0.15) is 0 Å². The number of rotatable bonds is 13. The number of nitrogens with one attached hydrogen (secondary N) is 2. The molecule has 0 unspecified atom stereocenters. The highest BCUT2D eigenvalue weighted by molar-refractivity contribution is 5.83. The molecule has 1 amide bonds. The van der Waals surface area contributed by atoms with Crippen molar-refractivity contribution in [3.8, 4) is 0 Å². The van der Waals surface area contributed by atoms with E-state index in [4.69, 9.17) is 5.21 Å². The van der Waals surface area contributed by atoms with Crippen molar-refractivity contribution in [1.82, 2.24) is 15.7 Å². The summed E-state index contributed by atoms with van der Waals surface area (Å²) in [5.41, 5.74) is 1.64. The molecule has 0 saturated heterocycles. The number of hydrogen-bond donors (Lipinski definition) is 3. The standard InChI is InChI=1S/C16H32N4O2/c1-2-3-4-5-6-7-8-15-18-12-14-20(15)13-11-17-10-9-16(21)19-22/h17,22H,2-14H2,1H3,(H,19,21). The summed E-state index contributed by atoms with van der Waals surface area (Å²) in [7, 11) is 0. The van der Waals surface area contributed by atoms with Crippen LogP contribution in [0.15, 0.2) is 4.99 Å². The number of hydroxylamine groups is 1. The van der Waals surface area contributed by atoms with Crippen molar-refractivity contribution in [1.29, 1.82) is 0 Å². The van der Waals surface area contributed by atoms with Crippen LogP contribution in [0, 0.1) is 0 Å². The Morgan fingerprint density at radius 3 is 2.77 bits per heavy atom. The molecule has 3 N–H and O–H groups in total. The third-order valence-corrected chi connectivity index (χ3v) is 4.00. The molecule has 1 heterocycles. The van der Waals surface area contributed by atoms with E-state index in [0.29, 0.717) is 13.0 Å². The van der Waals surface area contributed by atoms with Crippen LogP contribution in [0.25, 0.3) is 0 Å². The number of nitrogens with zero attached hydrogens (tertiary/aromatic N) is 2. The first-order valence-corrected chi connectivity index (χ1v) is 8.69. The maximum atomic E-state index is 10.9. The van der Waals surface area contributed by atoms with E-state index in [1.807, 2.05) is 0 Å². The second kappa shape index (κ2) is 12.4. The molecular formula is C16H32N4O2. The van der Waals surface area contributed by atoms with Gasteiger partial charge in [0, 0.05) is 39.0 Å². The minimum absolute atomic E-state index is 0.301. The van der Waals surface area contributed by atoms with Crippen LogP contribution in [0.1, 0.15) is 58.3 Å². The summed E-state index contributed by atoms with van der Waals surface area (Å²) >= 11 is 0. The lowest BCUT2D eigenvalue weighted by Crippen LogP contribution is -2.35. The van der Waals surface area contributed by atoms with Crippen molar-refractivity contribution >= 4 is 11.7 Å². The highest BCUT2D eigenvalue weighted by Gasteiger charge is 2.15. The summed E-state index contributed by atoms with van der Waals surface area (Å²) < 4.78 is 0. The Labute approximate surface area is 134 Å². The van der Waals surface area contributed by atoms with Crippen LogP contribution >= 0.6 is 0 Å². The summed E-state index contributed by atoms with van der Waals surface area (Å²) in [6.07, 6.45) is 9.30. The van der Waals surface area contributed by atoms with Gasteiger partial charge < -0.3 is 10.2 Å². The lowest BCUT2D eigenvalue weighted by molar-refractivity contribution is -0.129. The lowest BCUT2D eigenvalue weighted by Gasteiger charge is -2.20. The Bertz CT molecular complexity index is 334. The SMILES string of the molecule is CCCCCCCCC1=NCCN1CCNCCC(=O)NO. The van der Waals surface area contributed by atoms with Gasteiger partial charge in [-0.2, -0.15) is 0 Å². The fourth-order valence-corrected chi connectivity index (χ4v) is 2.67. The van der Waals surface area contributed by atoms with E-state index < -0.39 is 0 Å². The normalized spacial score (nSPS) is 14.3. The Morgan fingerprint density at radius 1 is 1.23 bits per heavy atom. The van der Waals surface area contributed by atoms with E-state index in [9.17, 15) is 4.79 Å². The van der Waals surface area contributed by atoms with Crippen molar-refractivity contribution < 1.29 is 10.0 Å². The zero-order valence-corrected chi connectivity index (χ0v) is 13.9. The maximum Gasteiger partial charge on any atom is 0.244 e. The third-order valence-electron chi connectivity index (χ3n) is 4.00. The number of carbonyl (C=O) groups excluding carboxylic acids is 1. The molecule has 128 valence electrons. The van der Waals surface area contributed by atoms with Gasteiger partial charge >= 0.3 is 0 Å². The van der Waals surface area contributed by atoms with Gasteiger partial charge in [0.25, 0.3) is 0 Å². The molecule has 1 aliphatic heterocycles. The monoisotopic (exact) mass is 312 g/mol. The molecule has 6 nitrogen and oxygen atoms in total. The Morgan fingerprint density at radius 2 is 2.00 bits per heavy atom. The summed E-state index contributed by atoms with van der Waals surface area (Å²) in [5, 5.41) is 11.6. The molecule has 0 aromatic heterocycles. The van der Waals surface area contributed by atoms with Gasteiger partial charge in [-0.15, -0.1) is 0 Å². The van der Waals surface area contributed by atoms with Gasteiger partial charge in [0.05, 0.1) is 12.4 Å². The molecule has 0 radical (unpaired) electrons. The summed E-state index contributed by atoms with van der Waals surface area (Å²) in [5.74, 6) is 0.907. The van der Waals surface area contributed by atoms with E-state index in [0.717, 1.165) is 32.6 Å². The Hall–Kier alpha value is -1.14. The third kappa shape index (κ3) is 8.34. The average molecular weight is 312 g/mol. The van der Waals surface area contributed by atoms with Gasteiger partial charge in [-0.25, -0.2) is 5.48 Å². The highest BCUT2D eigenvalue weighted by Crippen LogP contribution is 2.11. The Balaban J connectivity index is 2.04. The minimum Gasteiger partial charge on any atom is -0.357 e. The number of carbonyl (C=O) groups is 1. The molecule has 1 rings (SSSR count). The van der Waals surface area contributed by atoms with Crippen LogP contribution in [0.5, 0.6) is 0 Å². The first kappa shape index (κ1) is 18.9. The highest BCUT2D eigenvalue weighted by atomic mass is 16.5. The van der Waals surface area contributed by atoms with Gasteiger partial charge in [0.15, 0.2) is 0 Å². The molecule has 0 fully saturated rings. The largest absolute Gasteiger partial charge is 0.357 e. The quantitative estimate of drug-likeness (QED) is 0.276. The first-order chi connectivity index (χ1) is 10.8. The molecule has 0 aromatic rings. The number of hydrogen-bond acceptors (Lipinski definition) is 5. The number of unbranched alkanes of at least 4 members (excludes halogenated alkanes) is 5. The predicted octanol–water partition coefficient (Wildman–Crippen LogP) is 1.94. The molecule has 6 heteroatoms. The zero-order valence-electron chi connectivity index (χ0n) is 13.9. The van der Waals surface area contributed by atoms with Gasteiger partial charge in [-0.1, -0.05) is 39.0 Å². The van der Waals surface area contributed by atoms with E-state index in [1.54, 1.807) is 5.48 Å². The average Bonchev–Trinajstić information content (AvgIpc) is 2.97.